The molecule has 1 atom stereocenters. The lowest BCUT2D eigenvalue weighted by atomic mass is 10.1. The number of nitrogens with zero attached hydrogens (tertiary/aromatic N) is 5. The summed E-state index contributed by atoms with van der Waals surface area (Å²) in [4.78, 5) is 20.7. The zero-order chi connectivity index (χ0) is 21.3. The molecule has 0 aliphatic carbocycles. The van der Waals surface area contributed by atoms with Crippen LogP contribution < -0.4 is 15.1 Å². The van der Waals surface area contributed by atoms with Gasteiger partial charge in [0.1, 0.15) is 17.7 Å². The van der Waals surface area contributed by atoms with Crippen LogP contribution in [0.15, 0.2) is 48.9 Å². The van der Waals surface area contributed by atoms with Gasteiger partial charge >= 0.3 is 0 Å². The van der Waals surface area contributed by atoms with Crippen molar-refractivity contribution >= 4 is 23.1 Å². The molecule has 2 aromatic heterocycles. The number of pyridine rings is 1. The molecule has 30 heavy (non-hydrogen) atoms. The molecule has 0 bridgehead atoms. The van der Waals surface area contributed by atoms with E-state index in [1.807, 2.05) is 42.7 Å². The molecule has 1 aromatic carbocycles. The highest BCUT2D eigenvalue weighted by Gasteiger charge is 2.33. The van der Waals surface area contributed by atoms with E-state index in [1.54, 1.807) is 29.4 Å². The highest BCUT2D eigenvalue weighted by Crippen LogP contribution is 2.36. The number of likely N-dealkylation sites (N-methyl/N-ethyl adjacent to an activating group) is 2. The van der Waals surface area contributed by atoms with Crippen LogP contribution in [0, 0.1) is 5.82 Å². The Morgan fingerprint density at radius 3 is 2.63 bits per heavy atom. The van der Waals surface area contributed by atoms with E-state index < -0.39 is 0 Å². The average molecular weight is 408 g/mol. The van der Waals surface area contributed by atoms with Crippen LogP contribution in [0.25, 0.3) is 0 Å². The van der Waals surface area contributed by atoms with Gasteiger partial charge in [-0.2, -0.15) is 5.10 Å². The van der Waals surface area contributed by atoms with Gasteiger partial charge in [0.05, 0.1) is 30.3 Å². The number of hydrogen-bond donors (Lipinski definition) is 1. The van der Waals surface area contributed by atoms with Gasteiger partial charge in [0, 0.05) is 38.0 Å². The Hall–Kier alpha value is -3.42. The molecular formula is C22H25FN6O. The topological polar surface area (TPSA) is 66.3 Å². The molecule has 0 radical (unpaired) electrons. The van der Waals surface area contributed by atoms with E-state index >= 15 is 0 Å². The van der Waals surface area contributed by atoms with Gasteiger partial charge in [-0.3, -0.25) is 9.48 Å². The largest absolute Gasteiger partial charge is 0.366 e. The summed E-state index contributed by atoms with van der Waals surface area (Å²) < 4.78 is 14.9. The normalized spacial score (nSPS) is 16.0. The summed E-state index contributed by atoms with van der Waals surface area (Å²) in [6.07, 6.45) is 5.51. The van der Waals surface area contributed by atoms with Gasteiger partial charge in [0.2, 0.25) is 5.91 Å². The minimum atomic E-state index is -0.242. The van der Waals surface area contributed by atoms with Crippen molar-refractivity contribution in [3.8, 4) is 0 Å². The minimum absolute atomic E-state index is 0.0866. The highest BCUT2D eigenvalue weighted by molar-refractivity contribution is 6.05. The number of carbonyl (C=O) groups excluding carboxylic acids is 1. The van der Waals surface area contributed by atoms with Crippen LogP contribution in [0.3, 0.4) is 0 Å². The number of carbonyl (C=O) groups is 1. The number of halogens is 1. The second-order valence-electron chi connectivity index (χ2n) is 7.45. The van der Waals surface area contributed by atoms with Gasteiger partial charge in [-0.15, -0.1) is 0 Å². The first-order valence-corrected chi connectivity index (χ1v) is 10.00. The van der Waals surface area contributed by atoms with Crippen LogP contribution in [-0.2, 0) is 17.9 Å². The second kappa shape index (κ2) is 8.14. The summed E-state index contributed by atoms with van der Waals surface area (Å²) in [6.45, 7) is 5.66. The summed E-state index contributed by atoms with van der Waals surface area (Å²) in [5, 5.41) is 7.71. The molecule has 3 aromatic rings. The molecular weight excluding hydrogens is 383 g/mol. The van der Waals surface area contributed by atoms with Gasteiger partial charge in [-0.25, -0.2) is 9.37 Å². The molecule has 0 fully saturated rings. The monoisotopic (exact) mass is 408 g/mol. The Morgan fingerprint density at radius 1 is 1.13 bits per heavy atom. The van der Waals surface area contributed by atoms with Gasteiger partial charge in [0.25, 0.3) is 0 Å². The lowest BCUT2D eigenvalue weighted by Crippen LogP contribution is -2.50. The number of fused-ring (bicyclic) bond motifs is 1. The standard InChI is InChI=1S/C22H25FN6O/c1-4-29-20-12-25-21(9-19(20)27(3)15(2)22(29)30)24-10-17-11-26-28(14-17)13-16-5-7-18(23)8-6-16/h5-9,11-12,14-15H,4,10,13H2,1-3H3,(H,24,25)/t15-/m1/s1. The van der Waals surface area contributed by atoms with Gasteiger partial charge in [-0.05, 0) is 31.5 Å². The van der Waals surface area contributed by atoms with Crippen molar-refractivity contribution in [1.82, 2.24) is 14.8 Å². The maximum atomic E-state index is 13.0. The molecule has 1 aliphatic rings. The van der Waals surface area contributed by atoms with E-state index in [-0.39, 0.29) is 17.8 Å². The van der Waals surface area contributed by atoms with E-state index in [0.29, 0.717) is 19.6 Å². The zero-order valence-corrected chi connectivity index (χ0v) is 17.3. The van der Waals surface area contributed by atoms with E-state index in [2.05, 4.69) is 15.4 Å². The third-order valence-corrected chi connectivity index (χ3v) is 5.47. The number of nitrogens with one attached hydrogen (secondary N) is 1. The summed E-state index contributed by atoms with van der Waals surface area (Å²) >= 11 is 0. The molecule has 0 unspecified atom stereocenters. The third-order valence-electron chi connectivity index (χ3n) is 5.47. The molecule has 4 rings (SSSR count). The first kappa shape index (κ1) is 19.9. The molecule has 1 N–H and O–H groups in total. The molecule has 0 saturated carbocycles. The van der Waals surface area contributed by atoms with Crippen molar-refractivity contribution in [2.75, 3.05) is 28.7 Å². The summed E-state index contributed by atoms with van der Waals surface area (Å²) in [6, 6.07) is 8.19. The first-order valence-electron chi connectivity index (χ1n) is 10.00. The Balaban J connectivity index is 1.44. The SMILES string of the molecule is CCN1C(=O)[C@@H](C)N(C)c2cc(NCc3cnn(Cc4ccc(F)cc4)c3)ncc21. The Kier molecular flexibility index (Phi) is 5.39. The van der Waals surface area contributed by atoms with Crippen LogP contribution in [0.2, 0.25) is 0 Å². The van der Waals surface area contributed by atoms with E-state index in [0.717, 1.165) is 28.3 Å². The fraction of sp³-hybridized carbons (Fsp3) is 0.318. The van der Waals surface area contributed by atoms with E-state index in [9.17, 15) is 9.18 Å². The van der Waals surface area contributed by atoms with E-state index in [1.165, 1.54) is 12.1 Å². The van der Waals surface area contributed by atoms with Crippen LogP contribution in [0.1, 0.15) is 25.0 Å². The second-order valence-corrected chi connectivity index (χ2v) is 7.45. The number of amides is 1. The maximum Gasteiger partial charge on any atom is 0.249 e. The lowest BCUT2D eigenvalue weighted by molar-refractivity contribution is -0.119. The third kappa shape index (κ3) is 3.85. The predicted octanol–water partition coefficient (Wildman–Crippen LogP) is 3.27. The average Bonchev–Trinajstić information content (AvgIpc) is 3.20. The Labute approximate surface area is 175 Å². The Morgan fingerprint density at radius 2 is 1.90 bits per heavy atom. The molecule has 1 aliphatic heterocycles. The number of hydrogen-bond acceptors (Lipinski definition) is 5. The summed E-state index contributed by atoms with van der Waals surface area (Å²) in [5.41, 5.74) is 3.82. The summed E-state index contributed by atoms with van der Waals surface area (Å²) in [7, 11) is 1.93. The fourth-order valence-electron chi connectivity index (χ4n) is 3.62. The molecule has 7 nitrogen and oxygen atoms in total. The molecule has 156 valence electrons. The number of benzene rings is 1. The van der Waals surface area contributed by atoms with E-state index in [4.69, 9.17) is 0 Å². The summed E-state index contributed by atoms with van der Waals surface area (Å²) in [5.74, 6) is 0.584. The van der Waals surface area contributed by atoms with Crippen LogP contribution in [0.5, 0.6) is 0 Å². The molecule has 1 amide bonds. The van der Waals surface area contributed by atoms with Crippen LogP contribution in [0.4, 0.5) is 21.6 Å². The van der Waals surface area contributed by atoms with Crippen molar-refractivity contribution in [3.05, 3.63) is 65.9 Å². The van der Waals surface area contributed by atoms with Crippen LogP contribution >= 0.6 is 0 Å². The van der Waals surface area contributed by atoms with Crippen molar-refractivity contribution < 1.29 is 9.18 Å². The molecule has 0 saturated heterocycles. The van der Waals surface area contributed by atoms with Gasteiger partial charge in [-0.1, -0.05) is 12.1 Å². The highest BCUT2D eigenvalue weighted by atomic mass is 19.1. The van der Waals surface area contributed by atoms with Crippen molar-refractivity contribution in [2.24, 2.45) is 0 Å². The first-order chi connectivity index (χ1) is 14.5. The maximum absolute atomic E-state index is 13.0. The Bertz CT molecular complexity index is 1050. The smallest absolute Gasteiger partial charge is 0.249 e. The van der Waals surface area contributed by atoms with Gasteiger partial charge < -0.3 is 15.1 Å². The number of aromatic nitrogens is 3. The zero-order valence-electron chi connectivity index (χ0n) is 17.3. The molecule has 8 heteroatoms. The quantitative estimate of drug-likeness (QED) is 0.678. The van der Waals surface area contributed by atoms with Gasteiger partial charge in [0.15, 0.2) is 0 Å². The fourth-order valence-corrected chi connectivity index (χ4v) is 3.62. The van der Waals surface area contributed by atoms with Crippen LogP contribution in [-0.4, -0.2) is 40.3 Å². The van der Waals surface area contributed by atoms with Crippen molar-refractivity contribution in [2.45, 2.75) is 33.0 Å². The minimum Gasteiger partial charge on any atom is -0.366 e. The lowest BCUT2D eigenvalue weighted by Gasteiger charge is -2.39. The van der Waals surface area contributed by atoms with Crippen molar-refractivity contribution in [1.29, 1.82) is 0 Å². The van der Waals surface area contributed by atoms with Crippen molar-refractivity contribution in [3.63, 3.8) is 0 Å². The number of rotatable bonds is 6. The predicted molar refractivity (Wildman–Crippen MR) is 115 cm³/mol. The molecule has 0 spiro atoms. The number of anilines is 3. The molecule has 3 heterocycles.